The lowest BCUT2D eigenvalue weighted by Crippen LogP contribution is -2.37. The fourth-order valence-electron chi connectivity index (χ4n) is 3.68. The zero-order valence-electron chi connectivity index (χ0n) is 14.1. The molecule has 126 valence electrons. The maximum Gasteiger partial charge on any atom is 0.272 e. The summed E-state index contributed by atoms with van der Waals surface area (Å²) in [7, 11) is 0. The summed E-state index contributed by atoms with van der Waals surface area (Å²) >= 11 is 0. The lowest BCUT2D eigenvalue weighted by molar-refractivity contribution is 0.0673. The number of hydrogen-bond donors (Lipinski definition) is 2. The number of aromatic nitrogens is 2. The van der Waals surface area contributed by atoms with Gasteiger partial charge in [-0.25, -0.2) is 0 Å². The number of aromatic amines is 1. The van der Waals surface area contributed by atoms with Crippen molar-refractivity contribution < 1.29 is 4.79 Å². The normalized spacial score (nSPS) is 16.4. The number of fused-ring (bicyclic) bond motifs is 1. The van der Waals surface area contributed by atoms with Gasteiger partial charge in [-0.3, -0.25) is 9.89 Å². The Morgan fingerprint density at radius 3 is 2.96 bits per heavy atom. The van der Waals surface area contributed by atoms with Crippen LogP contribution in [0.25, 0.3) is 0 Å². The number of rotatable bonds is 5. The average Bonchev–Trinajstić information content (AvgIpc) is 3.17. The van der Waals surface area contributed by atoms with Gasteiger partial charge >= 0.3 is 0 Å². The van der Waals surface area contributed by atoms with Crippen LogP contribution < -0.4 is 5.32 Å². The number of hydrogen-bond acceptors (Lipinski definition) is 3. The molecule has 24 heavy (non-hydrogen) atoms. The average molecular weight is 324 g/mol. The highest BCUT2D eigenvalue weighted by Gasteiger charge is 2.26. The van der Waals surface area contributed by atoms with Crippen molar-refractivity contribution in [2.45, 2.75) is 39.2 Å². The van der Waals surface area contributed by atoms with E-state index in [4.69, 9.17) is 0 Å². The number of H-pyrrole nitrogens is 1. The molecule has 1 aliphatic carbocycles. The molecule has 2 aromatic rings. The van der Waals surface area contributed by atoms with Crippen molar-refractivity contribution in [1.29, 1.82) is 0 Å². The molecule has 2 heterocycles. The molecule has 1 aromatic carbocycles. The Hall–Kier alpha value is -2.30. The Morgan fingerprint density at radius 2 is 2.25 bits per heavy atom. The number of anilines is 1. The van der Waals surface area contributed by atoms with E-state index >= 15 is 0 Å². The van der Waals surface area contributed by atoms with Gasteiger partial charge in [0.25, 0.3) is 5.91 Å². The van der Waals surface area contributed by atoms with E-state index in [0.717, 1.165) is 25.2 Å². The Balaban J connectivity index is 1.58. The summed E-state index contributed by atoms with van der Waals surface area (Å²) in [6.45, 7) is 4.41. The molecule has 0 spiro atoms. The van der Waals surface area contributed by atoms with Crippen molar-refractivity contribution in [3.63, 3.8) is 0 Å². The first kappa shape index (κ1) is 15.2. The van der Waals surface area contributed by atoms with Crippen LogP contribution in [0.2, 0.25) is 0 Å². The lowest BCUT2D eigenvalue weighted by atomic mass is 9.85. The van der Waals surface area contributed by atoms with Gasteiger partial charge in [0.1, 0.15) is 5.69 Å². The second kappa shape index (κ2) is 6.30. The molecule has 0 unspecified atom stereocenters. The number of nitrogens with zero attached hydrogens (tertiary/aromatic N) is 2. The molecule has 4 rings (SSSR count). The van der Waals surface area contributed by atoms with E-state index in [2.05, 4.69) is 33.7 Å². The fourth-order valence-corrected chi connectivity index (χ4v) is 3.68. The second-order valence-corrected chi connectivity index (χ2v) is 7.03. The van der Waals surface area contributed by atoms with E-state index < -0.39 is 0 Å². The van der Waals surface area contributed by atoms with Crippen molar-refractivity contribution in [3.05, 3.63) is 46.8 Å². The number of nitrogens with one attached hydrogen (secondary N) is 2. The van der Waals surface area contributed by atoms with Crippen LogP contribution in [0.3, 0.4) is 0 Å². The molecule has 1 fully saturated rings. The summed E-state index contributed by atoms with van der Waals surface area (Å²) in [6, 6.07) is 8.21. The van der Waals surface area contributed by atoms with Crippen LogP contribution in [0.4, 0.5) is 5.69 Å². The highest BCUT2D eigenvalue weighted by atomic mass is 16.2. The molecular weight excluding hydrogens is 300 g/mol. The van der Waals surface area contributed by atoms with Gasteiger partial charge in [-0.05, 0) is 55.4 Å². The monoisotopic (exact) mass is 324 g/mol. The topological polar surface area (TPSA) is 61.0 Å². The number of carbonyl (C=O) groups is 1. The summed E-state index contributed by atoms with van der Waals surface area (Å²) < 4.78 is 0. The number of carbonyl (C=O) groups excluding carboxylic acids is 1. The van der Waals surface area contributed by atoms with Crippen molar-refractivity contribution >= 4 is 11.6 Å². The van der Waals surface area contributed by atoms with Gasteiger partial charge in [-0.15, -0.1) is 0 Å². The van der Waals surface area contributed by atoms with E-state index in [9.17, 15) is 4.79 Å². The predicted octanol–water partition coefficient (Wildman–Crippen LogP) is 3.13. The maximum atomic E-state index is 13.0. The SMILES string of the molecule is Cc1cc(C(=O)N(Cc2cccc3c2CCN3)CC2CCC2)[nH]n1. The lowest BCUT2D eigenvalue weighted by Gasteiger charge is -2.32. The molecule has 1 saturated carbocycles. The molecule has 5 heteroatoms. The van der Waals surface area contributed by atoms with Crippen LogP contribution in [0.15, 0.2) is 24.3 Å². The summed E-state index contributed by atoms with van der Waals surface area (Å²) in [5, 5.41) is 10.4. The van der Waals surface area contributed by atoms with E-state index in [1.807, 2.05) is 17.9 Å². The van der Waals surface area contributed by atoms with Gasteiger partial charge in [0.2, 0.25) is 0 Å². The maximum absolute atomic E-state index is 13.0. The Bertz CT molecular complexity index is 748. The standard InChI is InChI=1S/C19H24N4O/c1-13-10-18(22-21-13)19(24)23(11-14-4-2-5-14)12-15-6-3-7-17-16(15)8-9-20-17/h3,6-7,10,14,20H,2,4-5,8-9,11-12H2,1H3,(H,21,22). The van der Waals surface area contributed by atoms with Gasteiger partial charge in [0.15, 0.2) is 0 Å². The first-order valence-electron chi connectivity index (χ1n) is 8.86. The molecule has 5 nitrogen and oxygen atoms in total. The molecule has 0 atom stereocenters. The van der Waals surface area contributed by atoms with Crippen LogP contribution in [0.1, 0.15) is 46.6 Å². The van der Waals surface area contributed by atoms with Crippen LogP contribution >= 0.6 is 0 Å². The minimum absolute atomic E-state index is 0.0612. The second-order valence-electron chi connectivity index (χ2n) is 7.03. The van der Waals surface area contributed by atoms with E-state index in [-0.39, 0.29) is 5.91 Å². The van der Waals surface area contributed by atoms with E-state index in [1.165, 1.54) is 36.1 Å². The molecule has 0 bridgehead atoms. The summed E-state index contributed by atoms with van der Waals surface area (Å²) in [5.41, 5.74) is 5.30. The molecular formula is C19H24N4O. The molecule has 0 saturated heterocycles. The summed E-state index contributed by atoms with van der Waals surface area (Å²) in [5.74, 6) is 0.707. The summed E-state index contributed by atoms with van der Waals surface area (Å²) in [6.07, 6.45) is 4.81. The van der Waals surface area contributed by atoms with Crippen molar-refractivity contribution in [2.24, 2.45) is 5.92 Å². The zero-order chi connectivity index (χ0) is 16.5. The first-order valence-corrected chi connectivity index (χ1v) is 8.86. The third-order valence-corrected chi connectivity index (χ3v) is 5.25. The summed E-state index contributed by atoms with van der Waals surface area (Å²) in [4.78, 5) is 15.0. The van der Waals surface area contributed by atoms with Gasteiger partial charge in [-0.2, -0.15) is 5.10 Å². The van der Waals surface area contributed by atoms with Gasteiger partial charge < -0.3 is 10.2 Å². The van der Waals surface area contributed by atoms with Crippen molar-refractivity contribution in [1.82, 2.24) is 15.1 Å². The van der Waals surface area contributed by atoms with Crippen LogP contribution in [-0.4, -0.2) is 34.1 Å². The first-order chi connectivity index (χ1) is 11.7. The highest BCUT2D eigenvalue weighted by Crippen LogP contribution is 2.30. The molecule has 0 radical (unpaired) electrons. The van der Waals surface area contributed by atoms with Crippen LogP contribution in [0.5, 0.6) is 0 Å². The van der Waals surface area contributed by atoms with E-state index in [0.29, 0.717) is 18.2 Å². The van der Waals surface area contributed by atoms with Gasteiger partial charge in [0, 0.05) is 25.3 Å². The minimum atomic E-state index is 0.0612. The van der Waals surface area contributed by atoms with Crippen molar-refractivity contribution in [3.8, 4) is 0 Å². The highest BCUT2D eigenvalue weighted by molar-refractivity contribution is 5.92. The predicted molar refractivity (Wildman–Crippen MR) is 94.0 cm³/mol. The van der Waals surface area contributed by atoms with E-state index in [1.54, 1.807) is 0 Å². The fraction of sp³-hybridized carbons (Fsp3) is 0.474. The third-order valence-electron chi connectivity index (χ3n) is 5.25. The Labute approximate surface area is 142 Å². The quantitative estimate of drug-likeness (QED) is 0.888. The zero-order valence-corrected chi connectivity index (χ0v) is 14.1. The Kier molecular flexibility index (Phi) is 4.00. The van der Waals surface area contributed by atoms with Crippen molar-refractivity contribution in [2.75, 3.05) is 18.4 Å². The van der Waals surface area contributed by atoms with Gasteiger partial charge in [-0.1, -0.05) is 18.6 Å². The van der Waals surface area contributed by atoms with Crippen LogP contribution in [0, 0.1) is 12.8 Å². The molecule has 2 N–H and O–H groups in total. The number of aryl methyl sites for hydroxylation is 1. The minimum Gasteiger partial charge on any atom is -0.384 e. The molecule has 1 aliphatic heterocycles. The molecule has 1 aromatic heterocycles. The largest absolute Gasteiger partial charge is 0.384 e. The Morgan fingerprint density at radius 1 is 1.38 bits per heavy atom. The van der Waals surface area contributed by atoms with Crippen LogP contribution in [-0.2, 0) is 13.0 Å². The van der Waals surface area contributed by atoms with Gasteiger partial charge in [0.05, 0.1) is 5.69 Å². The molecule has 2 aliphatic rings. The number of amides is 1. The number of benzene rings is 1. The molecule has 1 amide bonds. The smallest absolute Gasteiger partial charge is 0.272 e. The third kappa shape index (κ3) is 2.90.